The summed E-state index contributed by atoms with van der Waals surface area (Å²) in [5.74, 6) is -0.0646. The molecule has 17 heavy (non-hydrogen) atoms. The fourth-order valence-electron chi connectivity index (χ4n) is 1.43. The average molecular weight is 330 g/mol. The Morgan fingerprint density at radius 2 is 1.53 bits per heavy atom. The van der Waals surface area contributed by atoms with Gasteiger partial charge in [-0.1, -0.05) is 23.2 Å². The molecular formula is C13H7BrCl2O. The van der Waals surface area contributed by atoms with E-state index in [1.807, 2.05) is 0 Å². The highest BCUT2D eigenvalue weighted by Gasteiger charge is 2.12. The Morgan fingerprint density at radius 3 is 2.12 bits per heavy atom. The Morgan fingerprint density at radius 1 is 0.941 bits per heavy atom. The lowest BCUT2D eigenvalue weighted by atomic mass is 10.0. The second kappa shape index (κ2) is 5.21. The van der Waals surface area contributed by atoms with Gasteiger partial charge in [-0.2, -0.15) is 0 Å². The largest absolute Gasteiger partial charge is 0.289 e. The summed E-state index contributed by atoms with van der Waals surface area (Å²) < 4.78 is 0.685. The maximum atomic E-state index is 12.2. The Labute approximate surface area is 117 Å². The van der Waals surface area contributed by atoms with Crippen LogP contribution in [0.3, 0.4) is 0 Å². The third-order valence-corrected chi connectivity index (χ3v) is 3.43. The normalized spacial score (nSPS) is 10.3. The van der Waals surface area contributed by atoms with Crippen LogP contribution in [0.4, 0.5) is 0 Å². The molecule has 2 aromatic rings. The number of hydrogen-bond acceptors (Lipinski definition) is 1. The Kier molecular flexibility index (Phi) is 3.87. The van der Waals surface area contributed by atoms with Crippen molar-refractivity contribution in [3.05, 3.63) is 68.1 Å². The quantitative estimate of drug-likeness (QED) is 0.709. The summed E-state index contributed by atoms with van der Waals surface area (Å²) in [5, 5.41) is 1.20. The van der Waals surface area contributed by atoms with E-state index in [-0.39, 0.29) is 5.78 Å². The molecule has 0 unspecified atom stereocenters. The maximum absolute atomic E-state index is 12.2. The third-order valence-electron chi connectivity index (χ3n) is 2.28. The molecule has 2 aromatic carbocycles. The van der Waals surface area contributed by atoms with E-state index in [0.29, 0.717) is 25.6 Å². The molecule has 0 bridgehead atoms. The monoisotopic (exact) mass is 328 g/mol. The lowest BCUT2D eigenvalue weighted by molar-refractivity contribution is 0.103. The van der Waals surface area contributed by atoms with Gasteiger partial charge in [0.15, 0.2) is 5.78 Å². The van der Waals surface area contributed by atoms with E-state index in [1.165, 1.54) is 0 Å². The molecule has 0 N–H and O–H groups in total. The number of halogens is 3. The molecule has 1 nitrogen and oxygen atoms in total. The SMILES string of the molecule is O=C(c1ccc(Cl)cc1)c1ccc(Cl)cc1Br. The number of benzene rings is 2. The second-order valence-electron chi connectivity index (χ2n) is 3.46. The molecular weight excluding hydrogens is 323 g/mol. The topological polar surface area (TPSA) is 17.1 Å². The molecule has 0 saturated carbocycles. The van der Waals surface area contributed by atoms with E-state index < -0.39 is 0 Å². The highest BCUT2D eigenvalue weighted by molar-refractivity contribution is 9.10. The minimum absolute atomic E-state index is 0.0646. The van der Waals surface area contributed by atoms with Gasteiger partial charge in [0.1, 0.15) is 0 Å². The zero-order valence-electron chi connectivity index (χ0n) is 8.58. The van der Waals surface area contributed by atoms with Crippen LogP contribution in [-0.2, 0) is 0 Å². The maximum Gasteiger partial charge on any atom is 0.194 e. The molecule has 2 rings (SSSR count). The van der Waals surface area contributed by atoms with Gasteiger partial charge < -0.3 is 0 Å². The third kappa shape index (κ3) is 2.89. The minimum Gasteiger partial charge on any atom is -0.289 e. The summed E-state index contributed by atoms with van der Waals surface area (Å²) in [6.45, 7) is 0. The molecule has 0 saturated heterocycles. The number of carbonyl (C=O) groups is 1. The van der Waals surface area contributed by atoms with E-state index in [4.69, 9.17) is 23.2 Å². The van der Waals surface area contributed by atoms with Gasteiger partial charge in [0.25, 0.3) is 0 Å². The minimum atomic E-state index is -0.0646. The average Bonchev–Trinajstić information content (AvgIpc) is 2.29. The van der Waals surface area contributed by atoms with Crippen LogP contribution in [0.1, 0.15) is 15.9 Å². The summed E-state index contributed by atoms with van der Waals surface area (Å²) in [7, 11) is 0. The molecule has 0 amide bonds. The molecule has 0 aliphatic heterocycles. The first-order chi connectivity index (χ1) is 8.08. The Bertz CT molecular complexity index is 564. The van der Waals surface area contributed by atoms with Crippen molar-refractivity contribution < 1.29 is 4.79 Å². The van der Waals surface area contributed by atoms with Crippen LogP contribution in [-0.4, -0.2) is 5.78 Å². The molecule has 86 valence electrons. The van der Waals surface area contributed by atoms with Gasteiger partial charge in [0.2, 0.25) is 0 Å². The number of ketones is 1. The Hall–Kier alpha value is -0.830. The zero-order valence-corrected chi connectivity index (χ0v) is 11.7. The first-order valence-corrected chi connectivity index (χ1v) is 6.38. The summed E-state index contributed by atoms with van der Waals surface area (Å²) >= 11 is 14.9. The predicted octanol–water partition coefficient (Wildman–Crippen LogP) is 4.99. The lowest BCUT2D eigenvalue weighted by Gasteiger charge is -2.04. The molecule has 0 spiro atoms. The van der Waals surface area contributed by atoms with Crippen LogP contribution in [0.15, 0.2) is 46.9 Å². The summed E-state index contributed by atoms with van der Waals surface area (Å²) in [6, 6.07) is 11.9. The molecule has 0 fully saturated rings. The number of carbonyl (C=O) groups excluding carboxylic acids is 1. The molecule has 0 aliphatic carbocycles. The first kappa shape index (κ1) is 12.6. The van der Waals surface area contributed by atoms with Crippen molar-refractivity contribution in [2.75, 3.05) is 0 Å². The highest BCUT2D eigenvalue weighted by Crippen LogP contribution is 2.24. The Balaban J connectivity index is 2.40. The van der Waals surface area contributed by atoms with Crippen LogP contribution < -0.4 is 0 Å². The van der Waals surface area contributed by atoms with Crippen molar-refractivity contribution in [3.8, 4) is 0 Å². The summed E-state index contributed by atoms with van der Waals surface area (Å²) in [5.41, 5.74) is 1.18. The van der Waals surface area contributed by atoms with E-state index in [0.717, 1.165) is 0 Å². The molecule has 0 radical (unpaired) electrons. The molecule has 4 heteroatoms. The fourth-order valence-corrected chi connectivity index (χ4v) is 2.42. The summed E-state index contributed by atoms with van der Waals surface area (Å²) in [4.78, 5) is 12.2. The highest BCUT2D eigenvalue weighted by atomic mass is 79.9. The second-order valence-corrected chi connectivity index (χ2v) is 5.19. The first-order valence-electron chi connectivity index (χ1n) is 4.83. The van der Waals surface area contributed by atoms with Gasteiger partial charge in [-0.3, -0.25) is 4.79 Å². The van der Waals surface area contributed by atoms with E-state index >= 15 is 0 Å². The van der Waals surface area contributed by atoms with Gasteiger partial charge in [-0.15, -0.1) is 0 Å². The predicted molar refractivity (Wildman–Crippen MR) is 74.0 cm³/mol. The van der Waals surface area contributed by atoms with Crippen molar-refractivity contribution in [1.82, 2.24) is 0 Å². The number of rotatable bonds is 2. The number of hydrogen-bond donors (Lipinski definition) is 0. The smallest absolute Gasteiger partial charge is 0.194 e. The lowest BCUT2D eigenvalue weighted by Crippen LogP contribution is -2.01. The molecule has 0 atom stereocenters. The van der Waals surface area contributed by atoms with Crippen molar-refractivity contribution >= 4 is 44.9 Å². The van der Waals surface area contributed by atoms with Crippen LogP contribution in [0, 0.1) is 0 Å². The standard InChI is InChI=1S/C13H7BrCl2O/c14-12-7-10(16)5-6-11(12)13(17)8-1-3-9(15)4-2-8/h1-7H. The van der Waals surface area contributed by atoms with Gasteiger partial charge >= 0.3 is 0 Å². The van der Waals surface area contributed by atoms with Crippen LogP contribution >= 0.6 is 39.1 Å². The van der Waals surface area contributed by atoms with Crippen LogP contribution in [0.5, 0.6) is 0 Å². The van der Waals surface area contributed by atoms with Gasteiger partial charge in [0.05, 0.1) is 0 Å². The van der Waals surface area contributed by atoms with Crippen molar-refractivity contribution in [3.63, 3.8) is 0 Å². The van der Waals surface area contributed by atoms with Gasteiger partial charge in [-0.25, -0.2) is 0 Å². The van der Waals surface area contributed by atoms with Crippen LogP contribution in [0.2, 0.25) is 10.0 Å². The van der Waals surface area contributed by atoms with Crippen molar-refractivity contribution in [2.45, 2.75) is 0 Å². The van der Waals surface area contributed by atoms with Crippen molar-refractivity contribution in [1.29, 1.82) is 0 Å². The fraction of sp³-hybridized carbons (Fsp3) is 0. The summed E-state index contributed by atoms with van der Waals surface area (Å²) in [6.07, 6.45) is 0. The molecule has 0 aromatic heterocycles. The van der Waals surface area contributed by atoms with Crippen molar-refractivity contribution in [2.24, 2.45) is 0 Å². The van der Waals surface area contributed by atoms with Gasteiger partial charge in [-0.05, 0) is 58.4 Å². The van der Waals surface area contributed by atoms with Gasteiger partial charge in [0, 0.05) is 25.6 Å². The molecule has 0 aliphatic rings. The van der Waals surface area contributed by atoms with E-state index in [2.05, 4.69) is 15.9 Å². The van der Waals surface area contributed by atoms with E-state index in [1.54, 1.807) is 42.5 Å². The molecule has 0 heterocycles. The van der Waals surface area contributed by atoms with Crippen LogP contribution in [0.25, 0.3) is 0 Å². The van der Waals surface area contributed by atoms with E-state index in [9.17, 15) is 4.79 Å². The zero-order chi connectivity index (χ0) is 12.4.